The van der Waals surface area contributed by atoms with Crippen molar-refractivity contribution in [1.29, 1.82) is 0 Å². The van der Waals surface area contributed by atoms with Crippen LogP contribution in [0.2, 0.25) is 5.02 Å². The first kappa shape index (κ1) is 15.0. The van der Waals surface area contributed by atoms with Crippen molar-refractivity contribution >= 4 is 28.8 Å². The molecule has 4 nitrogen and oxygen atoms in total. The molecule has 0 fully saturated rings. The summed E-state index contributed by atoms with van der Waals surface area (Å²) in [6, 6.07) is 7.35. The maximum atomic E-state index is 12.1. The molecule has 0 saturated carbocycles. The molecule has 1 amide bonds. The van der Waals surface area contributed by atoms with E-state index in [0.717, 1.165) is 16.3 Å². The number of hydrogen-bond donors (Lipinski definition) is 2. The van der Waals surface area contributed by atoms with E-state index < -0.39 is 0 Å². The molecule has 1 aromatic carbocycles. The van der Waals surface area contributed by atoms with Gasteiger partial charge in [-0.3, -0.25) is 4.79 Å². The number of nitrogens with two attached hydrogens (primary N) is 1. The van der Waals surface area contributed by atoms with Crippen molar-refractivity contribution < 1.29 is 4.79 Å². The number of carbonyl (C=O) groups excluding carboxylic acids is 1. The number of nitrogens with zero attached hydrogens (tertiary/aromatic N) is 1. The number of benzene rings is 1. The Hall–Kier alpha value is -1.43. The number of amides is 1. The second-order valence-electron chi connectivity index (χ2n) is 4.55. The molecule has 0 saturated heterocycles. The van der Waals surface area contributed by atoms with Crippen LogP contribution in [0.25, 0.3) is 10.6 Å². The van der Waals surface area contributed by atoms with E-state index in [1.807, 2.05) is 38.1 Å². The van der Waals surface area contributed by atoms with Crippen molar-refractivity contribution in [2.75, 3.05) is 6.54 Å². The van der Waals surface area contributed by atoms with Crippen LogP contribution in [0.5, 0.6) is 0 Å². The van der Waals surface area contributed by atoms with Crippen molar-refractivity contribution in [3.8, 4) is 10.6 Å². The van der Waals surface area contributed by atoms with Gasteiger partial charge in [0.2, 0.25) is 0 Å². The Balaban J connectivity index is 2.25. The molecule has 1 atom stereocenters. The summed E-state index contributed by atoms with van der Waals surface area (Å²) in [5.41, 5.74) is 7.18. The minimum atomic E-state index is -0.127. The Kier molecular flexibility index (Phi) is 4.75. The molecule has 2 aromatic rings. The minimum Gasteiger partial charge on any atom is -0.348 e. The lowest BCUT2D eigenvalue weighted by Gasteiger charge is -2.09. The molecule has 1 aromatic heterocycles. The number of hydrogen-bond acceptors (Lipinski definition) is 4. The molecule has 0 aliphatic carbocycles. The van der Waals surface area contributed by atoms with E-state index in [2.05, 4.69) is 10.3 Å². The maximum absolute atomic E-state index is 12.1. The second-order valence-corrected chi connectivity index (χ2v) is 5.99. The number of carbonyl (C=O) groups is 1. The van der Waals surface area contributed by atoms with Crippen LogP contribution in [0, 0.1) is 6.92 Å². The molecule has 0 aliphatic heterocycles. The van der Waals surface area contributed by atoms with Crippen LogP contribution in [-0.4, -0.2) is 23.5 Å². The van der Waals surface area contributed by atoms with Gasteiger partial charge in [0.05, 0.1) is 5.69 Å². The van der Waals surface area contributed by atoms with Gasteiger partial charge in [0.1, 0.15) is 9.88 Å². The predicted octanol–water partition coefficient (Wildman–Crippen LogP) is 2.85. The van der Waals surface area contributed by atoms with Crippen molar-refractivity contribution in [3.63, 3.8) is 0 Å². The molecule has 1 heterocycles. The molecule has 0 aliphatic rings. The highest BCUT2D eigenvalue weighted by Gasteiger charge is 2.17. The fourth-order valence-electron chi connectivity index (χ4n) is 1.67. The Morgan fingerprint density at radius 3 is 2.70 bits per heavy atom. The van der Waals surface area contributed by atoms with E-state index in [0.29, 0.717) is 16.4 Å². The molecule has 3 N–H and O–H groups in total. The Labute approximate surface area is 127 Å². The summed E-state index contributed by atoms with van der Waals surface area (Å²) in [5, 5.41) is 4.33. The van der Waals surface area contributed by atoms with E-state index in [4.69, 9.17) is 17.3 Å². The summed E-state index contributed by atoms with van der Waals surface area (Å²) in [4.78, 5) is 17.2. The Morgan fingerprint density at radius 1 is 1.45 bits per heavy atom. The molecular weight excluding hydrogens is 294 g/mol. The SMILES string of the molecule is Cc1nc(-c2ccc(Cl)cc2)sc1C(=O)N[C@@H](C)CN. The van der Waals surface area contributed by atoms with Crippen LogP contribution in [-0.2, 0) is 0 Å². The van der Waals surface area contributed by atoms with Gasteiger partial charge >= 0.3 is 0 Å². The summed E-state index contributed by atoms with van der Waals surface area (Å²) >= 11 is 7.24. The molecule has 20 heavy (non-hydrogen) atoms. The van der Waals surface area contributed by atoms with E-state index in [-0.39, 0.29) is 11.9 Å². The first-order valence-corrected chi connectivity index (χ1v) is 7.45. The zero-order valence-electron chi connectivity index (χ0n) is 11.3. The first-order chi connectivity index (χ1) is 9.51. The minimum absolute atomic E-state index is 0.0528. The Morgan fingerprint density at radius 2 is 2.10 bits per heavy atom. The average molecular weight is 310 g/mol. The highest BCUT2D eigenvalue weighted by Crippen LogP contribution is 2.28. The third kappa shape index (κ3) is 3.36. The molecule has 106 valence electrons. The first-order valence-electron chi connectivity index (χ1n) is 6.25. The normalized spacial score (nSPS) is 12.2. The number of nitrogens with one attached hydrogen (secondary N) is 1. The molecule has 0 spiro atoms. The van der Waals surface area contributed by atoms with Crippen LogP contribution in [0.15, 0.2) is 24.3 Å². The zero-order valence-corrected chi connectivity index (χ0v) is 12.9. The van der Waals surface area contributed by atoms with Crippen molar-refractivity contribution in [2.45, 2.75) is 19.9 Å². The smallest absolute Gasteiger partial charge is 0.263 e. The van der Waals surface area contributed by atoms with Crippen LogP contribution in [0.3, 0.4) is 0 Å². The number of halogens is 1. The molecule has 0 unspecified atom stereocenters. The summed E-state index contributed by atoms with van der Waals surface area (Å²) < 4.78 is 0. The van der Waals surface area contributed by atoms with Crippen LogP contribution in [0.1, 0.15) is 22.3 Å². The number of thiazole rings is 1. The van der Waals surface area contributed by atoms with Crippen molar-refractivity contribution in [3.05, 3.63) is 39.9 Å². The molecule has 6 heteroatoms. The fourth-order valence-corrected chi connectivity index (χ4v) is 2.77. The van der Waals surface area contributed by atoms with E-state index >= 15 is 0 Å². The maximum Gasteiger partial charge on any atom is 0.263 e. The third-order valence-corrected chi connectivity index (χ3v) is 4.28. The number of aromatic nitrogens is 1. The topological polar surface area (TPSA) is 68.0 Å². The second kappa shape index (κ2) is 6.35. The van der Waals surface area contributed by atoms with Crippen LogP contribution < -0.4 is 11.1 Å². The van der Waals surface area contributed by atoms with E-state index in [1.165, 1.54) is 11.3 Å². The summed E-state index contributed by atoms with van der Waals surface area (Å²) in [5.74, 6) is -0.127. The lowest BCUT2D eigenvalue weighted by Crippen LogP contribution is -2.37. The third-order valence-electron chi connectivity index (χ3n) is 2.83. The van der Waals surface area contributed by atoms with Gasteiger partial charge in [-0.2, -0.15) is 0 Å². The molecule has 2 rings (SSSR count). The standard InChI is InChI=1S/C14H16ClN3OS/c1-8(7-16)17-13(19)12-9(2)18-14(20-12)10-3-5-11(15)6-4-10/h3-6,8H,7,16H2,1-2H3,(H,17,19)/t8-/m0/s1. The lowest BCUT2D eigenvalue weighted by atomic mass is 10.2. The predicted molar refractivity (Wildman–Crippen MR) is 83.3 cm³/mol. The number of aryl methyl sites for hydroxylation is 1. The van der Waals surface area contributed by atoms with Crippen molar-refractivity contribution in [2.24, 2.45) is 5.73 Å². The highest BCUT2D eigenvalue weighted by molar-refractivity contribution is 7.17. The largest absolute Gasteiger partial charge is 0.348 e. The summed E-state index contributed by atoms with van der Waals surface area (Å²) in [6.07, 6.45) is 0. The van der Waals surface area contributed by atoms with Gasteiger partial charge in [-0.1, -0.05) is 23.7 Å². The van der Waals surface area contributed by atoms with Crippen LogP contribution in [0.4, 0.5) is 0 Å². The lowest BCUT2D eigenvalue weighted by molar-refractivity contribution is 0.0944. The van der Waals surface area contributed by atoms with Gasteiger partial charge in [-0.25, -0.2) is 4.98 Å². The van der Waals surface area contributed by atoms with E-state index in [9.17, 15) is 4.79 Å². The van der Waals surface area contributed by atoms with E-state index in [1.54, 1.807) is 0 Å². The fraction of sp³-hybridized carbons (Fsp3) is 0.286. The average Bonchev–Trinajstić information content (AvgIpc) is 2.81. The number of rotatable bonds is 4. The quantitative estimate of drug-likeness (QED) is 0.912. The van der Waals surface area contributed by atoms with Gasteiger partial charge in [0.25, 0.3) is 5.91 Å². The van der Waals surface area contributed by atoms with Gasteiger partial charge in [-0.05, 0) is 26.0 Å². The van der Waals surface area contributed by atoms with Gasteiger partial charge in [0.15, 0.2) is 0 Å². The van der Waals surface area contributed by atoms with Gasteiger partial charge < -0.3 is 11.1 Å². The van der Waals surface area contributed by atoms with Crippen molar-refractivity contribution in [1.82, 2.24) is 10.3 Å². The van der Waals surface area contributed by atoms with Gasteiger partial charge in [-0.15, -0.1) is 11.3 Å². The zero-order chi connectivity index (χ0) is 14.7. The molecular formula is C14H16ClN3OS. The summed E-state index contributed by atoms with van der Waals surface area (Å²) in [6.45, 7) is 4.11. The Bertz CT molecular complexity index is 609. The van der Waals surface area contributed by atoms with Gasteiger partial charge in [0, 0.05) is 23.2 Å². The molecule has 0 radical (unpaired) electrons. The van der Waals surface area contributed by atoms with Crippen LogP contribution >= 0.6 is 22.9 Å². The highest BCUT2D eigenvalue weighted by atomic mass is 35.5. The summed E-state index contributed by atoms with van der Waals surface area (Å²) in [7, 11) is 0. The monoisotopic (exact) mass is 309 g/mol. The molecule has 0 bridgehead atoms.